The van der Waals surface area contributed by atoms with Gasteiger partial charge in [-0.1, -0.05) is 32.0 Å². The summed E-state index contributed by atoms with van der Waals surface area (Å²) in [5.74, 6) is -0.0346. The zero-order chi connectivity index (χ0) is 15.0. The molecule has 4 nitrogen and oxygen atoms in total. The van der Waals surface area contributed by atoms with Gasteiger partial charge in [0.1, 0.15) is 4.21 Å². The Hall–Kier alpha value is -0.950. The standard InChI is InChI=1S/C14H19NO3S2/c1-10(2)14(3,16)9-15-20(17,18)13-8-11-6-4-5-7-12(11)19-13/h4-8,10,15-16H,9H2,1-3H3. The maximum atomic E-state index is 12.3. The third-order valence-electron chi connectivity index (χ3n) is 3.53. The Labute approximate surface area is 123 Å². The van der Waals surface area contributed by atoms with Crippen LogP contribution in [0, 0.1) is 5.92 Å². The van der Waals surface area contributed by atoms with Gasteiger partial charge in [0.2, 0.25) is 10.0 Å². The van der Waals surface area contributed by atoms with Crippen LogP contribution in [0.1, 0.15) is 20.8 Å². The fourth-order valence-electron chi connectivity index (χ4n) is 1.61. The fraction of sp³-hybridized carbons (Fsp3) is 0.429. The van der Waals surface area contributed by atoms with E-state index in [1.54, 1.807) is 13.0 Å². The Bertz CT molecular complexity index is 669. The van der Waals surface area contributed by atoms with Gasteiger partial charge in [-0.25, -0.2) is 13.1 Å². The molecule has 0 aliphatic rings. The van der Waals surface area contributed by atoms with Crippen LogP contribution in [0.3, 0.4) is 0 Å². The third-order valence-corrected chi connectivity index (χ3v) is 6.52. The highest BCUT2D eigenvalue weighted by molar-refractivity contribution is 7.91. The Morgan fingerprint density at radius 1 is 1.35 bits per heavy atom. The van der Waals surface area contributed by atoms with Gasteiger partial charge >= 0.3 is 0 Å². The largest absolute Gasteiger partial charge is 0.389 e. The molecule has 1 unspecified atom stereocenters. The van der Waals surface area contributed by atoms with Crippen LogP contribution in [0.4, 0.5) is 0 Å². The molecule has 0 spiro atoms. The molecule has 0 fully saturated rings. The van der Waals surface area contributed by atoms with E-state index in [2.05, 4.69) is 4.72 Å². The van der Waals surface area contributed by atoms with Crippen LogP contribution in [0.5, 0.6) is 0 Å². The zero-order valence-corrected chi connectivity index (χ0v) is 13.4. The summed E-state index contributed by atoms with van der Waals surface area (Å²) < 4.78 is 28.2. The van der Waals surface area contributed by atoms with Crippen molar-refractivity contribution in [3.63, 3.8) is 0 Å². The first-order valence-electron chi connectivity index (χ1n) is 6.43. The van der Waals surface area contributed by atoms with E-state index in [9.17, 15) is 13.5 Å². The average Bonchev–Trinajstić information content (AvgIpc) is 2.81. The molecule has 0 aliphatic heterocycles. The van der Waals surface area contributed by atoms with Gasteiger partial charge in [0.15, 0.2) is 0 Å². The Morgan fingerprint density at radius 2 is 2.00 bits per heavy atom. The molecule has 0 bridgehead atoms. The van der Waals surface area contributed by atoms with E-state index in [-0.39, 0.29) is 16.7 Å². The molecule has 0 saturated heterocycles. The summed E-state index contributed by atoms with van der Waals surface area (Å²) in [6.07, 6.45) is 0. The number of rotatable bonds is 5. The lowest BCUT2D eigenvalue weighted by molar-refractivity contribution is 0.0190. The molecule has 6 heteroatoms. The normalized spacial score (nSPS) is 15.7. The quantitative estimate of drug-likeness (QED) is 0.891. The molecule has 2 rings (SSSR count). The summed E-state index contributed by atoms with van der Waals surface area (Å²) in [5, 5.41) is 11.0. The second kappa shape index (κ2) is 5.44. The maximum Gasteiger partial charge on any atom is 0.250 e. The molecule has 1 aromatic carbocycles. The molecule has 20 heavy (non-hydrogen) atoms. The molecule has 0 radical (unpaired) electrons. The van der Waals surface area contributed by atoms with Gasteiger partial charge < -0.3 is 5.11 Å². The smallest absolute Gasteiger partial charge is 0.250 e. The van der Waals surface area contributed by atoms with Gasteiger partial charge in [-0.15, -0.1) is 11.3 Å². The highest BCUT2D eigenvalue weighted by atomic mass is 32.2. The van der Waals surface area contributed by atoms with E-state index in [1.807, 2.05) is 38.1 Å². The number of hydrogen-bond donors (Lipinski definition) is 2. The van der Waals surface area contributed by atoms with Crippen LogP contribution in [0.15, 0.2) is 34.5 Å². The van der Waals surface area contributed by atoms with Gasteiger partial charge in [-0.05, 0) is 30.4 Å². The van der Waals surface area contributed by atoms with Crippen molar-refractivity contribution in [2.75, 3.05) is 6.54 Å². The summed E-state index contributed by atoms with van der Waals surface area (Å²) in [7, 11) is -3.58. The minimum absolute atomic E-state index is 0.00124. The van der Waals surface area contributed by atoms with Crippen molar-refractivity contribution in [2.45, 2.75) is 30.6 Å². The number of aliphatic hydroxyl groups is 1. The van der Waals surface area contributed by atoms with Crippen molar-refractivity contribution >= 4 is 31.4 Å². The van der Waals surface area contributed by atoms with Crippen molar-refractivity contribution in [2.24, 2.45) is 5.92 Å². The minimum Gasteiger partial charge on any atom is -0.389 e. The first-order chi connectivity index (χ1) is 9.22. The summed E-state index contributed by atoms with van der Waals surface area (Å²) in [6.45, 7) is 5.34. The number of thiophene rings is 1. The summed E-state index contributed by atoms with van der Waals surface area (Å²) in [6, 6.07) is 9.19. The molecule has 0 aliphatic carbocycles. The van der Waals surface area contributed by atoms with Gasteiger partial charge in [0, 0.05) is 11.2 Å². The van der Waals surface area contributed by atoms with E-state index < -0.39 is 15.6 Å². The molecular formula is C14H19NO3S2. The first kappa shape index (κ1) is 15.4. The van der Waals surface area contributed by atoms with Gasteiger partial charge in [-0.3, -0.25) is 0 Å². The summed E-state index contributed by atoms with van der Waals surface area (Å²) >= 11 is 1.23. The molecule has 1 heterocycles. The Morgan fingerprint density at radius 3 is 2.60 bits per heavy atom. The third kappa shape index (κ3) is 3.20. The van der Waals surface area contributed by atoms with Gasteiger partial charge in [-0.2, -0.15) is 0 Å². The monoisotopic (exact) mass is 313 g/mol. The highest BCUT2D eigenvalue weighted by Gasteiger charge is 2.28. The zero-order valence-electron chi connectivity index (χ0n) is 11.8. The second-order valence-electron chi connectivity index (χ2n) is 5.44. The van der Waals surface area contributed by atoms with Crippen LogP contribution in [0.2, 0.25) is 0 Å². The Balaban J connectivity index is 2.22. The lowest BCUT2D eigenvalue weighted by Crippen LogP contribution is -2.44. The molecular weight excluding hydrogens is 294 g/mol. The fourth-order valence-corrected chi connectivity index (χ4v) is 4.19. The molecule has 0 saturated carbocycles. The number of nitrogens with one attached hydrogen (secondary N) is 1. The predicted octanol–water partition coefficient (Wildman–Crippen LogP) is 2.59. The van der Waals surface area contributed by atoms with Crippen LogP contribution in [-0.4, -0.2) is 25.7 Å². The van der Waals surface area contributed by atoms with E-state index >= 15 is 0 Å². The van der Waals surface area contributed by atoms with E-state index in [0.29, 0.717) is 0 Å². The number of fused-ring (bicyclic) bond motifs is 1. The SMILES string of the molecule is CC(C)C(C)(O)CNS(=O)(=O)c1cc2ccccc2s1. The van der Waals surface area contributed by atoms with Crippen LogP contribution >= 0.6 is 11.3 Å². The van der Waals surface area contributed by atoms with Gasteiger partial charge in [0.25, 0.3) is 0 Å². The van der Waals surface area contributed by atoms with E-state index in [4.69, 9.17) is 0 Å². The summed E-state index contributed by atoms with van der Waals surface area (Å²) in [4.78, 5) is 0. The van der Waals surface area contributed by atoms with Crippen molar-refractivity contribution < 1.29 is 13.5 Å². The first-order valence-corrected chi connectivity index (χ1v) is 8.73. The molecule has 0 amide bonds. The van der Waals surface area contributed by atoms with Crippen LogP contribution in [0.25, 0.3) is 10.1 Å². The highest BCUT2D eigenvalue weighted by Crippen LogP contribution is 2.28. The van der Waals surface area contributed by atoms with Crippen LogP contribution in [-0.2, 0) is 10.0 Å². The van der Waals surface area contributed by atoms with Crippen molar-refractivity contribution in [3.8, 4) is 0 Å². The summed E-state index contributed by atoms with van der Waals surface area (Å²) in [5.41, 5.74) is -1.07. The number of sulfonamides is 1. The molecule has 1 aromatic heterocycles. The van der Waals surface area contributed by atoms with Crippen molar-refractivity contribution in [1.82, 2.24) is 4.72 Å². The van der Waals surface area contributed by atoms with Crippen molar-refractivity contribution in [1.29, 1.82) is 0 Å². The van der Waals surface area contributed by atoms with E-state index in [1.165, 1.54) is 11.3 Å². The van der Waals surface area contributed by atoms with E-state index in [0.717, 1.165) is 10.1 Å². The van der Waals surface area contributed by atoms with Gasteiger partial charge in [0.05, 0.1) is 5.60 Å². The number of benzene rings is 1. The number of hydrogen-bond acceptors (Lipinski definition) is 4. The average molecular weight is 313 g/mol. The molecule has 1 atom stereocenters. The molecule has 2 aromatic rings. The molecule has 2 N–H and O–H groups in total. The Kier molecular flexibility index (Phi) is 4.20. The van der Waals surface area contributed by atoms with Crippen LogP contribution < -0.4 is 4.72 Å². The van der Waals surface area contributed by atoms with Crippen molar-refractivity contribution in [3.05, 3.63) is 30.3 Å². The molecule has 110 valence electrons. The second-order valence-corrected chi connectivity index (χ2v) is 8.52. The lowest BCUT2D eigenvalue weighted by atomic mass is 9.93. The minimum atomic E-state index is -3.58. The predicted molar refractivity (Wildman–Crippen MR) is 82.5 cm³/mol. The lowest BCUT2D eigenvalue weighted by Gasteiger charge is -2.27. The topological polar surface area (TPSA) is 66.4 Å². The maximum absolute atomic E-state index is 12.3.